The molecule has 0 saturated heterocycles. The van der Waals surface area contributed by atoms with E-state index in [9.17, 15) is 14.7 Å². The molecule has 1 rings (SSSR count). The third kappa shape index (κ3) is 4.96. The van der Waals surface area contributed by atoms with Crippen LogP contribution in [0.15, 0.2) is 18.2 Å². The molecule has 1 aromatic carbocycles. The first-order valence-corrected chi connectivity index (χ1v) is 6.72. The van der Waals surface area contributed by atoms with Gasteiger partial charge in [0.2, 0.25) is 0 Å². The highest BCUT2D eigenvalue weighted by molar-refractivity contribution is 5.93. The van der Waals surface area contributed by atoms with E-state index in [0.29, 0.717) is 6.54 Å². The van der Waals surface area contributed by atoms with Gasteiger partial charge in [0, 0.05) is 13.1 Å². The van der Waals surface area contributed by atoms with Gasteiger partial charge in [-0.15, -0.1) is 0 Å². The van der Waals surface area contributed by atoms with Crippen molar-refractivity contribution in [3.05, 3.63) is 23.8 Å². The number of benzene rings is 1. The van der Waals surface area contributed by atoms with E-state index in [1.54, 1.807) is 0 Å². The maximum absolute atomic E-state index is 12.1. The Morgan fingerprint density at radius 2 is 2.00 bits per heavy atom. The van der Waals surface area contributed by atoms with Gasteiger partial charge in [-0.05, 0) is 24.6 Å². The van der Waals surface area contributed by atoms with Crippen LogP contribution in [-0.2, 0) is 0 Å². The topological polar surface area (TPSA) is 110 Å². The van der Waals surface area contributed by atoms with Gasteiger partial charge in [0.05, 0.1) is 17.9 Å². The van der Waals surface area contributed by atoms with E-state index >= 15 is 0 Å². The maximum atomic E-state index is 12.1. The van der Waals surface area contributed by atoms with Gasteiger partial charge in [0.25, 0.3) is 0 Å². The number of aliphatic hydroxyl groups is 1. The van der Waals surface area contributed by atoms with Crippen molar-refractivity contribution >= 4 is 17.7 Å². The minimum Gasteiger partial charge on any atom is -0.506 e. The molecular formula is C14H20N2O5. The molecule has 7 nitrogen and oxygen atoms in total. The Labute approximate surface area is 122 Å². The molecule has 0 heterocycles. The van der Waals surface area contributed by atoms with Gasteiger partial charge >= 0.3 is 12.0 Å². The Balaban J connectivity index is 2.78. The molecule has 0 aliphatic rings. The zero-order valence-electron chi connectivity index (χ0n) is 11.9. The lowest BCUT2D eigenvalue weighted by molar-refractivity contribution is 0.0696. The zero-order chi connectivity index (χ0) is 15.8. The van der Waals surface area contributed by atoms with Crippen LogP contribution < -0.4 is 5.32 Å². The van der Waals surface area contributed by atoms with E-state index in [-0.39, 0.29) is 30.2 Å². The van der Waals surface area contributed by atoms with Crippen molar-refractivity contribution in [1.29, 1.82) is 0 Å². The van der Waals surface area contributed by atoms with Gasteiger partial charge in [0.15, 0.2) is 0 Å². The second-order valence-electron chi connectivity index (χ2n) is 4.53. The summed E-state index contributed by atoms with van der Waals surface area (Å²) in [6.07, 6.45) is 1.71. The summed E-state index contributed by atoms with van der Waals surface area (Å²) in [5.41, 5.74) is 0.0631. The number of carbonyl (C=O) groups excluding carboxylic acids is 1. The molecule has 0 saturated carbocycles. The summed E-state index contributed by atoms with van der Waals surface area (Å²) in [6.45, 7) is 2.53. The number of aromatic hydroxyl groups is 1. The highest BCUT2D eigenvalue weighted by Gasteiger charge is 2.15. The standard InChI is InChI=1S/C14H20N2O5/c1-2-3-6-16(7-8-17)14(21)15-11-5-4-10(13(19)20)9-12(11)18/h4-5,9,17-18H,2-3,6-8H2,1H3,(H,15,21)(H,19,20). The summed E-state index contributed by atoms with van der Waals surface area (Å²) in [7, 11) is 0. The van der Waals surface area contributed by atoms with E-state index in [2.05, 4.69) is 5.32 Å². The number of unbranched alkanes of at least 4 members (excludes halogenated alkanes) is 1. The zero-order valence-corrected chi connectivity index (χ0v) is 11.9. The first kappa shape index (κ1) is 16.8. The molecule has 0 unspecified atom stereocenters. The van der Waals surface area contributed by atoms with Gasteiger partial charge in [-0.2, -0.15) is 0 Å². The van der Waals surface area contributed by atoms with Crippen molar-refractivity contribution in [2.24, 2.45) is 0 Å². The van der Waals surface area contributed by atoms with Crippen molar-refractivity contribution < 1.29 is 24.9 Å². The van der Waals surface area contributed by atoms with Crippen LogP contribution >= 0.6 is 0 Å². The number of urea groups is 1. The average molecular weight is 296 g/mol. The van der Waals surface area contributed by atoms with Crippen molar-refractivity contribution in [2.45, 2.75) is 19.8 Å². The summed E-state index contributed by atoms with van der Waals surface area (Å²) in [5, 5.41) is 30.0. The lowest BCUT2D eigenvalue weighted by Crippen LogP contribution is -2.37. The first-order chi connectivity index (χ1) is 9.99. The van der Waals surface area contributed by atoms with Crippen LogP contribution in [0.2, 0.25) is 0 Å². The highest BCUT2D eigenvalue weighted by atomic mass is 16.4. The number of carboxylic acid groups (broad SMARTS) is 1. The fourth-order valence-corrected chi connectivity index (χ4v) is 1.75. The van der Waals surface area contributed by atoms with E-state index in [4.69, 9.17) is 10.2 Å². The van der Waals surface area contributed by atoms with E-state index in [1.165, 1.54) is 17.0 Å². The van der Waals surface area contributed by atoms with Crippen LogP contribution in [0.3, 0.4) is 0 Å². The number of aromatic carboxylic acids is 1. The Morgan fingerprint density at radius 1 is 1.29 bits per heavy atom. The predicted octanol–water partition coefficient (Wildman–Crippen LogP) is 1.72. The fraction of sp³-hybridized carbons (Fsp3) is 0.429. The monoisotopic (exact) mass is 296 g/mol. The van der Waals surface area contributed by atoms with Crippen molar-refractivity contribution in [1.82, 2.24) is 4.90 Å². The van der Waals surface area contributed by atoms with Crippen LogP contribution in [-0.4, -0.2) is 51.9 Å². The van der Waals surface area contributed by atoms with Crippen LogP contribution in [0.1, 0.15) is 30.1 Å². The third-order valence-corrected chi connectivity index (χ3v) is 2.92. The Hall–Kier alpha value is -2.28. The first-order valence-electron chi connectivity index (χ1n) is 6.72. The van der Waals surface area contributed by atoms with Gasteiger partial charge < -0.3 is 25.5 Å². The number of nitrogens with zero attached hydrogens (tertiary/aromatic N) is 1. The predicted molar refractivity (Wildman–Crippen MR) is 77.7 cm³/mol. The smallest absolute Gasteiger partial charge is 0.335 e. The van der Waals surface area contributed by atoms with Crippen molar-refractivity contribution in [3.8, 4) is 5.75 Å². The molecule has 2 amide bonds. The molecule has 0 bridgehead atoms. The molecule has 0 aromatic heterocycles. The Bertz CT molecular complexity index is 504. The molecular weight excluding hydrogens is 276 g/mol. The number of hydrogen-bond acceptors (Lipinski definition) is 4. The lowest BCUT2D eigenvalue weighted by Gasteiger charge is -2.22. The fourth-order valence-electron chi connectivity index (χ4n) is 1.75. The Morgan fingerprint density at radius 3 is 2.52 bits per heavy atom. The normalized spacial score (nSPS) is 10.2. The van der Waals surface area contributed by atoms with Crippen molar-refractivity contribution in [3.63, 3.8) is 0 Å². The van der Waals surface area contributed by atoms with Gasteiger partial charge in [-0.1, -0.05) is 13.3 Å². The minimum atomic E-state index is -1.16. The number of aliphatic hydroxyl groups excluding tert-OH is 1. The summed E-state index contributed by atoms with van der Waals surface area (Å²) in [5.74, 6) is -1.48. The molecule has 4 N–H and O–H groups in total. The maximum Gasteiger partial charge on any atom is 0.335 e. The SMILES string of the molecule is CCCCN(CCO)C(=O)Nc1ccc(C(=O)O)cc1O. The molecule has 0 aliphatic carbocycles. The number of anilines is 1. The summed E-state index contributed by atoms with van der Waals surface area (Å²) < 4.78 is 0. The number of carbonyl (C=O) groups is 2. The number of amides is 2. The molecule has 21 heavy (non-hydrogen) atoms. The van der Waals surface area contributed by atoms with Crippen LogP contribution in [0.5, 0.6) is 5.75 Å². The second kappa shape index (κ2) is 8.11. The number of carboxylic acids is 1. The Kier molecular flexibility index (Phi) is 6.48. The molecule has 1 aromatic rings. The largest absolute Gasteiger partial charge is 0.506 e. The number of rotatable bonds is 7. The quantitative estimate of drug-likeness (QED) is 0.573. The highest BCUT2D eigenvalue weighted by Crippen LogP contribution is 2.24. The number of phenolic OH excluding ortho intramolecular Hbond substituents is 1. The molecule has 0 spiro atoms. The van der Waals surface area contributed by atoms with E-state index < -0.39 is 12.0 Å². The second-order valence-corrected chi connectivity index (χ2v) is 4.53. The van der Waals surface area contributed by atoms with Crippen LogP contribution in [0.25, 0.3) is 0 Å². The number of hydrogen-bond donors (Lipinski definition) is 4. The minimum absolute atomic E-state index is 0.0660. The number of phenols is 1. The summed E-state index contributed by atoms with van der Waals surface area (Å²) >= 11 is 0. The lowest BCUT2D eigenvalue weighted by atomic mass is 10.2. The van der Waals surface area contributed by atoms with Crippen LogP contribution in [0.4, 0.5) is 10.5 Å². The number of nitrogens with one attached hydrogen (secondary N) is 1. The molecule has 0 atom stereocenters. The average Bonchev–Trinajstić information content (AvgIpc) is 2.45. The third-order valence-electron chi connectivity index (χ3n) is 2.92. The van der Waals surface area contributed by atoms with Crippen molar-refractivity contribution in [2.75, 3.05) is 25.0 Å². The van der Waals surface area contributed by atoms with E-state index in [1.807, 2.05) is 6.92 Å². The van der Waals surface area contributed by atoms with E-state index in [0.717, 1.165) is 18.9 Å². The molecule has 0 fully saturated rings. The van der Waals surface area contributed by atoms with Gasteiger partial charge in [0.1, 0.15) is 5.75 Å². The molecule has 0 radical (unpaired) electrons. The van der Waals surface area contributed by atoms with Crippen LogP contribution in [0, 0.1) is 0 Å². The van der Waals surface area contributed by atoms with Gasteiger partial charge in [-0.3, -0.25) is 0 Å². The molecule has 0 aliphatic heterocycles. The molecule has 7 heteroatoms. The van der Waals surface area contributed by atoms with Gasteiger partial charge in [-0.25, -0.2) is 9.59 Å². The summed E-state index contributed by atoms with van der Waals surface area (Å²) in [6, 6.07) is 3.24. The molecule has 116 valence electrons. The summed E-state index contributed by atoms with van der Waals surface area (Å²) in [4.78, 5) is 24.3.